The number of carbonyl (C=O) groups is 1. The molecule has 4 heteroatoms. The van der Waals surface area contributed by atoms with Crippen LogP contribution < -0.4 is 5.73 Å². The minimum Gasteiger partial charge on any atom is -0.335 e. The van der Waals surface area contributed by atoms with Crippen LogP contribution in [0.4, 0.5) is 0 Å². The Kier molecular flexibility index (Phi) is 8.37. The monoisotopic (exact) mass is 214 g/mol. The Labute approximate surface area is 90.0 Å². The molecule has 0 saturated heterocycles. The summed E-state index contributed by atoms with van der Waals surface area (Å²) in [6.07, 6.45) is 3.43. The predicted molar refractivity (Wildman–Crippen MR) is 63.4 cm³/mol. The van der Waals surface area contributed by atoms with Crippen molar-refractivity contribution in [3.63, 3.8) is 0 Å². The van der Waals surface area contributed by atoms with E-state index in [1.807, 2.05) is 0 Å². The van der Waals surface area contributed by atoms with Crippen molar-refractivity contribution >= 4 is 17.7 Å². The zero-order chi connectivity index (χ0) is 10.8. The lowest BCUT2D eigenvalue weighted by Crippen LogP contribution is -2.32. The fraction of sp³-hybridized carbons (Fsp3) is 0.500. The summed E-state index contributed by atoms with van der Waals surface area (Å²) in [6.45, 7) is 8.98. The number of carbonyl (C=O) groups excluding carboxylic acids is 1. The lowest BCUT2D eigenvalue weighted by molar-refractivity contribution is -0.127. The fourth-order valence-corrected chi connectivity index (χ4v) is 1.59. The zero-order valence-electron chi connectivity index (χ0n) is 8.45. The van der Waals surface area contributed by atoms with Crippen molar-refractivity contribution < 1.29 is 4.79 Å². The van der Waals surface area contributed by atoms with Crippen molar-refractivity contribution in [3.8, 4) is 0 Å². The van der Waals surface area contributed by atoms with Gasteiger partial charge in [-0.15, -0.1) is 13.2 Å². The third-order valence-electron chi connectivity index (χ3n) is 1.54. The summed E-state index contributed by atoms with van der Waals surface area (Å²) in [7, 11) is 0. The van der Waals surface area contributed by atoms with Crippen molar-refractivity contribution in [2.45, 2.75) is 0 Å². The topological polar surface area (TPSA) is 46.3 Å². The van der Waals surface area contributed by atoms with E-state index in [1.165, 1.54) is 0 Å². The second-order valence-corrected chi connectivity index (χ2v) is 3.82. The summed E-state index contributed by atoms with van der Waals surface area (Å²) in [5.41, 5.74) is 5.33. The van der Waals surface area contributed by atoms with Crippen LogP contribution in [0.5, 0.6) is 0 Å². The summed E-state index contributed by atoms with van der Waals surface area (Å²) in [4.78, 5) is 13.3. The molecule has 0 aliphatic carbocycles. The maximum atomic E-state index is 11.6. The Morgan fingerprint density at radius 3 is 2.36 bits per heavy atom. The van der Waals surface area contributed by atoms with Gasteiger partial charge in [0, 0.05) is 25.4 Å². The first-order valence-corrected chi connectivity index (χ1v) is 5.69. The number of rotatable bonds is 8. The fourth-order valence-electron chi connectivity index (χ4n) is 0.924. The first-order valence-electron chi connectivity index (χ1n) is 4.53. The van der Waals surface area contributed by atoms with E-state index in [0.717, 1.165) is 5.75 Å². The average molecular weight is 214 g/mol. The van der Waals surface area contributed by atoms with Crippen molar-refractivity contribution in [2.24, 2.45) is 5.73 Å². The van der Waals surface area contributed by atoms with Crippen molar-refractivity contribution in [2.75, 3.05) is 31.1 Å². The van der Waals surface area contributed by atoms with E-state index in [-0.39, 0.29) is 5.91 Å². The second-order valence-electron chi connectivity index (χ2n) is 2.72. The summed E-state index contributed by atoms with van der Waals surface area (Å²) in [5, 5.41) is 0. The minimum absolute atomic E-state index is 0.114. The molecule has 0 aliphatic rings. The lowest BCUT2D eigenvalue weighted by atomic mass is 10.4. The maximum absolute atomic E-state index is 11.6. The van der Waals surface area contributed by atoms with E-state index >= 15 is 0 Å². The van der Waals surface area contributed by atoms with Crippen LogP contribution in [0.1, 0.15) is 0 Å². The first-order chi connectivity index (χ1) is 6.76. The predicted octanol–water partition coefficient (Wildman–Crippen LogP) is 0.879. The van der Waals surface area contributed by atoms with Crippen LogP contribution in [0.2, 0.25) is 0 Å². The van der Waals surface area contributed by atoms with Gasteiger partial charge in [-0.2, -0.15) is 11.8 Å². The molecule has 2 N–H and O–H groups in total. The van der Waals surface area contributed by atoms with Crippen LogP contribution in [0.15, 0.2) is 25.3 Å². The van der Waals surface area contributed by atoms with Crippen LogP contribution in [0, 0.1) is 0 Å². The molecule has 0 rings (SSSR count). The molecular weight excluding hydrogens is 196 g/mol. The van der Waals surface area contributed by atoms with E-state index in [2.05, 4.69) is 13.2 Å². The molecule has 0 aromatic rings. The molecule has 3 nitrogen and oxygen atoms in total. The number of hydrogen-bond donors (Lipinski definition) is 1. The van der Waals surface area contributed by atoms with Gasteiger partial charge < -0.3 is 10.6 Å². The molecule has 0 radical (unpaired) electrons. The molecule has 0 unspecified atom stereocenters. The van der Waals surface area contributed by atoms with Crippen LogP contribution in [0.25, 0.3) is 0 Å². The lowest BCUT2D eigenvalue weighted by Gasteiger charge is -2.18. The van der Waals surface area contributed by atoms with Gasteiger partial charge in [0.1, 0.15) is 0 Å². The number of nitrogens with zero attached hydrogens (tertiary/aromatic N) is 1. The smallest absolute Gasteiger partial charge is 0.233 e. The molecule has 0 aromatic heterocycles. The van der Waals surface area contributed by atoms with Gasteiger partial charge >= 0.3 is 0 Å². The number of hydrogen-bond acceptors (Lipinski definition) is 3. The number of amides is 1. The molecule has 0 bridgehead atoms. The van der Waals surface area contributed by atoms with Crippen LogP contribution in [-0.2, 0) is 4.79 Å². The van der Waals surface area contributed by atoms with Gasteiger partial charge in [-0.1, -0.05) is 12.2 Å². The molecule has 0 spiro atoms. The van der Waals surface area contributed by atoms with E-state index < -0.39 is 0 Å². The SMILES string of the molecule is C=CCN(CC=C)C(=O)CSCCN. The molecule has 14 heavy (non-hydrogen) atoms. The van der Waals surface area contributed by atoms with E-state index in [1.54, 1.807) is 28.8 Å². The summed E-state index contributed by atoms with van der Waals surface area (Å²) >= 11 is 1.56. The van der Waals surface area contributed by atoms with E-state index in [4.69, 9.17) is 5.73 Å². The maximum Gasteiger partial charge on any atom is 0.233 e. The van der Waals surface area contributed by atoms with Gasteiger partial charge in [-0.05, 0) is 0 Å². The third kappa shape index (κ3) is 5.83. The minimum atomic E-state index is 0.114. The highest BCUT2D eigenvalue weighted by Gasteiger charge is 2.09. The summed E-state index contributed by atoms with van der Waals surface area (Å²) in [5.74, 6) is 1.42. The molecule has 1 amide bonds. The van der Waals surface area contributed by atoms with E-state index in [9.17, 15) is 4.79 Å². The van der Waals surface area contributed by atoms with Crippen molar-refractivity contribution in [1.29, 1.82) is 0 Å². The molecule has 0 atom stereocenters. The molecule has 0 aliphatic heterocycles. The highest BCUT2D eigenvalue weighted by atomic mass is 32.2. The van der Waals surface area contributed by atoms with Gasteiger partial charge in [-0.25, -0.2) is 0 Å². The summed E-state index contributed by atoms with van der Waals surface area (Å²) < 4.78 is 0. The molecule has 80 valence electrons. The van der Waals surface area contributed by atoms with Gasteiger partial charge in [0.05, 0.1) is 5.75 Å². The van der Waals surface area contributed by atoms with Gasteiger partial charge in [0.2, 0.25) is 5.91 Å². The quantitative estimate of drug-likeness (QED) is 0.482. The standard InChI is InChI=1S/C10H18N2OS/c1-3-6-12(7-4-2)10(13)9-14-8-5-11/h3-4H,1-2,5-9,11H2. The van der Waals surface area contributed by atoms with Gasteiger partial charge in [-0.3, -0.25) is 4.79 Å². The van der Waals surface area contributed by atoms with E-state index in [0.29, 0.717) is 25.4 Å². The molecule has 0 aromatic carbocycles. The first kappa shape index (κ1) is 13.3. The third-order valence-corrected chi connectivity index (χ3v) is 2.51. The molecule has 0 fully saturated rings. The Hall–Kier alpha value is -0.740. The normalized spacial score (nSPS) is 9.50. The van der Waals surface area contributed by atoms with Crippen LogP contribution in [-0.4, -0.2) is 41.9 Å². The average Bonchev–Trinajstić information content (AvgIpc) is 2.18. The van der Waals surface area contributed by atoms with Crippen LogP contribution >= 0.6 is 11.8 Å². The number of thioether (sulfide) groups is 1. The second kappa shape index (κ2) is 8.84. The Morgan fingerprint density at radius 2 is 1.93 bits per heavy atom. The van der Waals surface area contributed by atoms with Crippen molar-refractivity contribution in [3.05, 3.63) is 25.3 Å². The van der Waals surface area contributed by atoms with Gasteiger partial charge in [0.15, 0.2) is 0 Å². The largest absolute Gasteiger partial charge is 0.335 e. The molecule has 0 heterocycles. The van der Waals surface area contributed by atoms with Crippen LogP contribution in [0.3, 0.4) is 0 Å². The Balaban J connectivity index is 3.87. The molecule has 0 saturated carbocycles. The summed E-state index contributed by atoms with van der Waals surface area (Å²) in [6, 6.07) is 0. The zero-order valence-corrected chi connectivity index (χ0v) is 9.26. The highest BCUT2D eigenvalue weighted by molar-refractivity contribution is 7.99. The highest BCUT2D eigenvalue weighted by Crippen LogP contribution is 2.01. The number of nitrogens with two attached hydrogens (primary N) is 1. The van der Waals surface area contributed by atoms with Crippen molar-refractivity contribution in [1.82, 2.24) is 4.90 Å². The van der Waals surface area contributed by atoms with Gasteiger partial charge in [0.25, 0.3) is 0 Å². The Bertz CT molecular complexity index is 185. The molecular formula is C10H18N2OS. The Morgan fingerprint density at radius 1 is 1.36 bits per heavy atom.